The molecular weight excluding hydrogens is 356 g/mol. The molecular formula is C18H22N2O5S. The zero-order valence-corrected chi connectivity index (χ0v) is 16.0. The maximum atomic E-state index is 12.7. The number of aromatic nitrogens is 1. The van der Waals surface area contributed by atoms with E-state index in [0.717, 1.165) is 11.4 Å². The number of carbonyl (C=O) groups is 2. The normalized spacial score (nSPS) is 11.7. The summed E-state index contributed by atoms with van der Waals surface area (Å²) in [5.74, 6) is -0.338. The number of benzene rings is 1. The Balaban J connectivity index is 2.34. The molecule has 0 fully saturated rings. The number of thiazole rings is 1. The van der Waals surface area contributed by atoms with E-state index in [1.165, 1.54) is 25.6 Å². The van der Waals surface area contributed by atoms with Crippen LogP contribution in [-0.4, -0.2) is 36.2 Å². The summed E-state index contributed by atoms with van der Waals surface area (Å²) < 4.78 is 10.5. The van der Waals surface area contributed by atoms with Gasteiger partial charge in [-0.2, -0.15) is 0 Å². The summed E-state index contributed by atoms with van der Waals surface area (Å²) in [7, 11) is 3.02. The molecule has 0 spiro atoms. The fourth-order valence-corrected chi connectivity index (χ4v) is 3.47. The molecule has 1 atom stereocenters. The van der Waals surface area contributed by atoms with Gasteiger partial charge < -0.3 is 19.9 Å². The number of hydrogen-bond acceptors (Lipinski definition) is 6. The molecule has 1 aromatic carbocycles. The molecule has 2 rings (SSSR count). The van der Waals surface area contributed by atoms with Crippen molar-refractivity contribution in [1.29, 1.82) is 0 Å². The molecule has 0 aliphatic heterocycles. The first-order chi connectivity index (χ1) is 12.4. The van der Waals surface area contributed by atoms with Gasteiger partial charge in [0.25, 0.3) is 5.91 Å². The second-order valence-electron chi connectivity index (χ2n) is 5.61. The molecule has 0 aliphatic carbocycles. The second kappa shape index (κ2) is 8.66. The van der Waals surface area contributed by atoms with Gasteiger partial charge in [0.15, 0.2) is 0 Å². The van der Waals surface area contributed by atoms with Gasteiger partial charge in [-0.3, -0.25) is 9.59 Å². The number of aryl methyl sites for hydroxylation is 2. The number of methoxy groups -OCH3 is 2. The molecule has 0 saturated heterocycles. The third-order valence-corrected chi connectivity index (χ3v) is 5.15. The molecule has 7 nitrogen and oxygen atoms in total. The van der Waals surface area contributed by atoms with Crippen LogP contribution in [0.4, 0.5) is 0 Å². The van der Waals surface area contributed by atoms with Crippen LogP contribution in [0.3, 0.4) is 0 Å². The Morgan fingerprint density at radius 2 is 2.04 bits per heavy atom. The second-order valence-corrected chi connectivity index (χ2v) is 6.69. The minimum atomic E-state index is -1.02. The minimum absolute atomic E-state index is 0.271. The first-order valence-corrected chi connectivity index (χ1v) is 8.92. The molecule has 8 heteroatoms. The Hall–Kier alpha value is -2.61. The molecule has 1 aromatic heterocycles. The number of nitrogens with zero attached hydrogens (tertiary/aromatic N) is 1. The van der Waals surface area contributed by atoms with Crippen molar-refractivity contribution < 1.29 is 24.2 Å². The fourth-order valence-electron chi connectivity index (χ4n) is 2.56. The third-order valence-electron chi connectivity index (χ3n) is 3.85. The predicted octanol–water partition coefficient (Wildman–Crippen LogP) is 2.98. The van der Waals surface area contributed by atoms with Crippen molar-refractivity contribution in [3.8, 4) is 11.5 Å². The van der Waals surface area contributed by atoms with Crippen molar-refractivity contribution in [1.82, 2.24) is 10.3 Å². The van der Waals surface area contributed by atoms with Crippen molar-refractivity contribution in [2.45, 2.75) is 32.7 Å². The van der Waals surface area contributed by atoms with E-state index in [9.17, 15) is 14.7 Å². The lowest BCUT2D eigenvalue weighted by Crippen LogP contribution is -2.30. The van der Waals surface area contributed by atoms with Crippen LogP contribution in [0.2, 0.25) is 0 Å². The standard InChI is InChI=1S/C18H22N2O5S/c1-5-15-19-10(2)17(26-15)18(23)20-13(9-16(21)22)12-7-6-11(24-3)8-14(12)25-4/h6-8,13H,5,9H2,1-4H3,(H,20,23)(H,21,22). The number of aliphatic carboxylic acids is 1. The smallest absolute Gasteiger partial charge is 0.305 e. The van der Waals surface area contributed by atoms with E-state index in [1.807, 2.05) is 6.92 Å². The highest BCUT2D eigenvalue weighted by atomic mass is 32.1. The highest BCUT2D eigenvalue weighted by Gasteiger charge is 2.24. The first kappa shape index (κ1) is 19.7. The molecule has 2 N–H and O–H groups in total. The lowest BCUT2D eigenvalue weighted by atomic mass is 10.0. The van der Waals surface area contributed by atoms with E-state index >= 15 is 0 Å². The SMILES string of the molecule is CCc1nc(C)c(C(=O)NC(CC(=O)O)c2ccc(OC)cc2OC)s1. The van der Waals surface area contributed by atoms with Gasteiger partial charge in [-0.05, 0) is 25.5 Å². The van der Waals surface area contributed by atoms with Crippen LogP contribution in [0.25, 0.3) is 0 Å². The van der Waals surface area contributed by atoms with Crippen LogP contribution in [0.1, 0.15) is 45.3 Å². The van der Waals surface area contributed by atoms with Crippen LogP contribution in [0.5, 0.6) is 11.5 Å². The molecule has 0 aliphatic rings. The highest BCUT2D eigenvalue weighted by Crippen LogP contribution is 2.32. The van der Waals surface area contributed by atoms with Gasteiger partial charge >= 0.3 is 5.97 Å². The number of carbonyl (C=O) groups excluding carboxylic acids is 1. The van der Waals surface area contributed by atoms with Crippen molar-refractivity contribution in [2.75, 3.05) is 14.2 Å². The molecule has 140 valence electrons. The Kier molecular flexibility index (Phi) is 6.57. The number of ether oxygens (including phenoxy) is 2. The Labute approximate surface area is 156 Å². The zero-order chi connectivity index (χ0) is 19.3. The first-order valence-electron chi connectivity index (χ1n) is 8.10. The van der Waals surface area contributed by atoms with Gasteiger partial charge in [0.2, 0.25) is 0 Å². The number of nitrogens with one attached hydrogen (secondary N) is 1. The van der Waals surface area contributed by atoms with Crippen molar-refractivity contribution in [3.63, 3.8) is 0 Å². The van der Waals surface area contributed by atoms with Crippen LogP contribution in [-0.2, 0) is 11.2 Å². The fraction of sp³-hybridized carbons (Fsp3) is 0.389. The van der Waals surface area contributed by atoms with Crippen LogP contribution < -0.4 is 14.8 Å². The van der Waals surface area contributed by atoms with Crippen LogP contribution >= 0.6 is 11.3 Å². The Bertz CT molecular complexity index is 803. The molecule has 1 amide bonds. The van der Waals surface area contributed by atoms with Crippen molar-refractivity contribution in [2.24, 2.45) is 0 Å². The Morgan fingerprint density at radius 1 is 1.31 bits per heavy atom. The van der Waals surface area contributed by atoms with Gasteiger partial charge in [0, 0.05) is 11.6 Å². The molecule has 0 bridgehead atoms. The average molecular weight is 378 g/mol. The van der Waals surface area contributed by atoms with Gasteiger partial charge in [-0.1, -0.05) is 6.92 Å². The molecule has 26 heavy (non-hydrogen) atoms. The Morgan fingerprint density at radius 3 is 2.58 bits per heavy atom. The molecule has 2 aromatic rings. The van der Waals surface area contributed by atoms with Crippen LogP contribution in [0.15, 0.2) is 18.2 Å². The summed E-state index contributed by atoms with van der Waals surface area (Å²) in [6.07, 6.45) is 0.469. The summed E-state index contributed by atoms with van der Waals surface area (Å²) in [6.45, 7) is 3.74. The highest BCUT2D eigenvalue weighted by molar-refractivity contribution is 7.13. The van der Waals surface area contributed by atoms with Gasteiger partial charge in [-0.15, -0.1) is 11.3 Å². The predicted molar refractivity (Wildman–Crippen MR) is 98.2 cm³/mol. The molecule has 0 saturated carbocycles. The van der Waals surface area contributed by atoms with E-state index in [-0.39, 0.29) is 12.3 Å². The number of rotatable bonds is 8. The van der Waals surface area contributed by atoms with E-state index in [2.05, 4.69) is 10.3 Å². The van der Waals surface area contributed by atoms with Crippen LogP contribution in [0, 0.1) is 6.92 Å². The number of carboxylic acids is 1. The summed E-state index contributed by atoms with van der Waals surface area (Å²) in [5, 5.41) is 12.9. The molecule has 0 radical (unpaired) electrons. The van der Waals surface area contributed by atoms with Gasteiger partial charge in [0.1, 0.15) is 16.4 Å². The number of carboxylic acid groups (broad SMARTS) is 1. The summed E-state index contributed by atoms with van der Waals surface area (Å²) in [5.41, 5.74) is 1.21. The average Bonchev–Trinajstić information content (AvgIpc) is 3.01. The summed E-state index contributed by atoms with van der Waals surface area (Å²) in [4.78, 5) is 28.8. The van der Waals surface area contributed by atoms with Crippen molar-refractivity contribution >= 4 is 23.2 Å². The maximum absolute atomic E-state index is 12.7. The van der Waals surface area contributed by atoms with Gasteiger partial charge in [-0.25, -0.2) is 4.98 Å². The quantitative estimate of drug-likeness (QED) is 0.733. The topological polar surface area (TPSA) is 97.8 Å². The maximum Gasteiger partial charge on any atom is 0.305 e. The monoisotopic (exact) mass is 378 g/mol. The van der Waals surface area contributed by atoms with E-state index in [4.69, 9.17) is 9.47 Å². The van der Waals surface area contributed by atoms with E-state index in [1.54, 1.807) is 25.1 Å². The van der Waals surface area contributed by atoms with Gasteiger partial charge in [0.05, 0.1) is 37.4 Å². The largest absolute Gasteiger partial charge is 0.497 e. The molecule has 1 unspecified atom stereocenters. The lowest BCUT2D eigenvalue weighted by Gasteiger charge is -2.20. The lowest BCUT2D eigenvalue weighted by molar-refractivity contribution is -0.137. The number of amides is 1. The minimum Gasteiger partial charge on any atom is -0.497 e. The third kappa shape index (κ3) is 4.51. The molecule has 1 heterocycles. The van der Waals surface area contributed by atoms with E-state index in [0.29, 0.717) is 27.6 Å². The van der Waals surface area contributed by atoms with E-state index < -0.39 is 12.0 Å². The summed E-state index contributed by atoms with van der Waals surface area (Å²) in [6, 6.07) is 4.31. The van der Waals surface area contributed by atoms with Crippen molar-refractivity contribution in [3.05, 3.63) is 39.3 Å². The number of hydrogen-bond donors (Lipinski definition) is 2. The zero-order valence-electron chi connectivity index (χ0n) is 15.2. The summed E-state index contributed by atoms with van der Waals surface area (Å²) >= 11 is 1.32.